The van der Waals surface area contributed by atoms with Gasteiger partial charge in [0.2, 0.25) is 0 Å². The molecule has 1 aromatic rings. The lowest BCUT2D eigenvalue weighted by atomic mass is 10.2. The molecule has 0 aromatic heterocycles. The predicted octanol–water partition coefficient (Wildman–Crippen LogP) is 2.13. The van der Waals surface area contributed by atoms with E-state index in [1.165, 1.54) is 5.56 Å². The summed E-state index contributed by atoms with van der Waals surface area (Å²) in [4.78, 5) is 2.40. The number of nitrogens with zero attached hydrogens (tertiary/aromatic N) is 1. The van der Waals surface area contributed by atoms with Crippen molar-refractivity contribution >= 4 is 5.69 Å². The van der Waals surface area contributed by atoms with Gasteiger partial charge in [0.15, 0.2) is 0 Å². The first-order valence-electron chi connectivity index (χ1n) is 5.82. The van der Waals surface area contributed by atoms with Crippen LogP contribution in [0.3, 0.4) is 0 Å². The Hall–Kier alpha value is -1.06. The van der Waals surface area contributed by atoms with E-state index in [1.54, 1.807) is 7.11 Å². The summed E-state index contributed by atoms with van der Waals surface area (Å²) < 4.78 is 5.06. The van der Waals surface area contributed by atoms with Crippen LogP contribution in [0.5, 0.6) is 0 Å². The largest absolute Gasteiger partial charge is 0.399 e. The molecule has 3 heteroatoms. The zero-order chi connectivity index (χ0) is 11.8. The molecular weight excluding hydrogens is 200 g/mol. The Balaban J connectivity index is 2.43. The lowest BCUT2D eigenvalue weighted by molar-refractivity contribution is 0.171. The standard InChI is InChI=1S/C13H22N2O/c1-3-15(8-5-9-16-2)11-12-6-4-7-13(14)10-12/h4,6-7,10H,3,5,8-9,11,14H2,1-2H3. The van der Waals surface area contributed by atoms with E-state index in [-0.39, 0.29) is 0 Å². The van der Waals surface area contributed by atoms with Crippen LogP contribution < -0.4 is 5.73 Å². The zero-order valence-corrected chi connectivity index (χ0v) is 10.3. The van der Waals surface area contributed by atoms with E-state index in [1.807, 2.05) is 18.2 Å². The second-order valence-corrected chi connectivity index (χ2v) is 3.96. The van der Waals surface area contributed by atoms with Crippen molar-refractivity contribution in [2.24, 2.45) is 0 Å². The number of nitrogens with two attached hydrogens (primary N) is 1. The number of rotatable bonds is 7. The Morgan fingerprint density at radius 2 is 2.19 bits per heavy atom. The van der Waals surface area contributed by atoms with Crippen LogP contribution in [0.15, 0.2) is 24.3 Å². The number of nitrogen functional groups attached to an aromatic ring is 1. The number of ether oxygens (including phenoxy) is 1. The maximum Gasteiger partial charge on any atom is 0.0474 e. The Bertz CT molecular complexity index is 302. The molecule has 2 N–H and O–H groups in total. The molecule has 1 rings (SSSR count). The molecule has 0 aliphatic heterocycles. The van der Waals surface area contributed by atoms with Gasteiger partial charge < -0.3 is 10.5 Å². The molecule has 0 saturated carbocycles. The Labute approximate surface area is 98.2 Å². The Morgan fingerprint density at radius 1 is 1.38 bits per heavy atom. The third kappa shape index (κ3) is 4.64. The first-order valence-corrected chi connectivity index (χ1v) is 5.82. The van der Waals surface area contributed by atoms with Gasteiger partial charge in [0, 0.05) is 32.5 Å². The van der Waals surface area contributed by atoms with E-state index in [2.05, 4.69) is 17.9 Å². The summed E-state index contributed by atoms with van der Waals surface area (Å²) >= 11 is 0. The van der Waals surface area contributed by atoms with E-state index in [4.69, 9.17) is 10.5 Å². The minimum Gasteiger partial charge on any atom is -0.399 e. The van der Waals surface area contributed by atoms with Crippen molar-refractivity contribution in [3.8, 4) is 0 Å². The topological polar surface area (TPSA) is 38.5 Å². The van der Waals surface area contributed by atoms with Crippen LogP contribution in [-0.2, 0) is 11.3 Å². The highest BCUT2D eigenvalue weighted by Gasteiger charge is 2.03. The van der Waals surface area contributed by atoms with Crippen LogP contribution in [-0.4, -0.2) is 31.7 Å². The smallest absolute Gasteiger partial charge is 0.0474 e. The summed E-state index contributed by atoms with van der Waals surface area (Å²) in [6.07, 6.45) is 1.08. The average Bonchev–Trinajstić information content (AvgIpc) is 2.28. The van der Waals surface area contributed by atoms with Crippen molar-refractivity contribution in [1.29, 1.82) is 0 Å². The van der Waals surface area contributed by atoms with Crippen molar-refractivity contribution in [2.75, 3.05) is 32.5 Å². The van der Waals surface area contributed by atoms with Crippen LogP contribution in [0, 0.1) is 0 Å². The van der Waals surface area contributed by atoms with Crippen LogP contribution in [0.1, 0.15) is 18.9 Å². The maximum absolute atomic E-state index is 5.76. The second-order valence-electron chi connectivity index (χ2n) is 3.96. The van der Waals surface area contributed by atoms with Crippen LogP contribution in [0.25, 0.3) is 0 Å². The molecule has 1 aromatic carbocycles. The van der Waals surface area contributed by atoms with Gasteiger partial charge in [-0.1, -0.05) is 19.1 Å². The lowest BCUT2D eigenvalue weighted by Gasteiger charge is -2.20. The average molecular weight is 222 g/mol. The molecule has 3 nitrogen and oxygen atoms in total. The minimum atomic E-state index is 0.827. The highest BCUT2D eigenvalue weighted by molar-refractivity contribution is 5.40. The Kier molecular flexibility index (Phi) is 5.90. The fourth-order valence-corrected chi connectivity index (χ4v) is 1.73. The molecule has 0 aliphatic rings. The third-order valence-electron chi connectivity index (χ3n) is 2.63. The highest BCUT2D eigenvalue weighted by atomic mass is 16.5. The van der Waals surface area contributed by atoms with Crippen LogP contribution >= 0.6 is 0 Å². The van der Waals surface area contributed by atoms with Gasteiger partial charge in [0.05, 0.1) is 0 Å². The fourth-order valence-electron chi connectivity index (χ4n) is 1.73. The maximum atomic E-state index is 5.76. The van der Waals surface area contributed by atoms with Gasteiger partial charge in [-0.3, -0.25) is 4.90 Å². The molecule has 0 saturated heterocycles. The SMILES string of the molecule is CCN(CCCOC)Cc1cccc(N)c1. The summed E-state index contributed by atoms with van der Waals surface area (Å²) in [5, 5.41) is 0. The molecule has 0 atom stereocenters. The molecule has 0 bridgehead atoms. The van der Waals surface area contributed by atoms with Gasteiger partial charge in [-0.2, -0.15) is 0 Å². The first kappa shape index (κ1) is 13.0. The van der Waals surface area contributed by atoms with Gasteiger partial charge in [0.25, 0.3) is 0 Å². The molecule has 0 heterocycles. The molecule has 90 valence electrons. The molecule has 0 amide bonds. The van der Waals surface area contributed by atoms with Gasteiger partial charge in [0.1, 0.15) is 0 Å². The summed E-state index contributed by atoms with van der Waals surface area (Å²) in [7, 11) is 1.74. The van der Waals surface area contributed by atoms with Crippen molar-refractivity contribution in [1.82, 2.24) is 4.90 Å². The van der Waals surface area contributed by atoms with Crippen molar-refractivity contribution in [3.05, 3.63) is 29.8 Å². The number of benzene rings is 1. The quantitative estimate of drug-likeness (QED) is 0.567. The van der Waals surface area contributed by atoms with Crippen molar-refractivity contribution < 1.29 is 4.74 Å². The summed E-state index contributed by atoms with van der Waals surface area (Å²) in [6.45, 7) is 6.09. The van der Waals surface area contributed by atoms with Gasteiger partial charge in [-0.05, 0) is 30.7 Å². The summed E-state index contributed by atoms with van der Waals surface area (Å²) in [5.74, 6) is 0. The zero-order valence-electron chi connectivity index (χ0n) is 10.3. The number of hydrogen-bond acceptors (Lipinski definition) is 3. The van der Waals surface area contributed by atoms with Gasteiger partial charge >= 0.3 is 0 Å². The lowest BCUT2D eigenvalue weighted by Crippen LogP contribution is -2.24. The predicted molar refractivity (Wildman–Crippen MR) is 68.3 cm³/mol. The normalized spacial score (nSPS) is 10.9. The molecule has 0 spiro atoms. The van der Waals surface area contributed by atoms with E-state index < -0.39 is 0 Å². The summed E-state index contributed by atoms with van der Waals surface area (Å²) in [5.41, 5.74) is 7.87. The van der Waals surface area contributed by atoms with Crippen LogP contribution in [0.2, 0.25) is 0 Å². The fraction of sp³-hybridized carbons (Fsp3) is 0.538. The van der Waals surface area contributed by atoms with E-state index in [0.29, 0.717) is 0 Å². The third-order valence-corrected chi connectivity index (χ3v) is 2.63. The molecule has 0 aliphatic carbocycles. The van der Waals surface area contributed by atoms with Crippen molar-refractivity contribution in [2.45, 2.75) is 19.9 Å². The number of hydrogen-bond donors (Lipinski definition) is 1. The summed E-state index contributed by atoms with van der Waals surface area (Å²) in [6, 6.07) is 8.09. The van der Waals surface area contributed by atoms with E-state index >= 15 is 0 Å². The molecular formula is C13H22N2O. The molecule has 0 fully saturated rings. The monoisotopic (exact) mass is 222 g/mol. The second kappa shape index (κ2) is 7.25. The molecule has 16 heavy (non-hydrogen) atoms. The van der Waals surface area contributed by atoms with Crippen molar-refractivity contribution in [3.63, 3.8) is 0 Å². The number of methoxy groups -OCH3 is 1. The highest BCUT2D eigenvalue weighted by Crippen LogP contribution is 2.09. The van der Waals surface area contributed by atoms with Gasteiger partial charge in [-0.25, -0.2) is 0 Å². The number of anilines is 1. The Morgan fingerprint density at radius 3 is 2.81 bits per heavy atom. The molecule has 0 unspecified atom stereocenters. The first-order chi connectivity index (χ1) is 7.76. The van der Waals surface area contributed by atoms with E-state index in [0.717, 1.165) is 38.3 Å². The van der Waals surface area contributed by atoms with E-state index in [9.17, 15) is 0 Å². The van der Waals surface area contributed by atoms with Crippen LogP contribution in [0.4, 0.5) is 5.69 Å². The minimum absolute atomic E-state index is 0.827. The van der Waals surface area contributed by atoms with Gasteiger partial charge in [-0.15, -0.1) is 0 Å². The molecule has 0 radical (unpaired) electrons.